The molecular formula is C13H16N2O4S. The Balaban J connectivity index is 1.73. The van der Waals surface area contributed by atoms with Crippen molar-refractivity contribution in [1.29, 1.82) is 0 Å². The Kier molecular flexibility index (Phi) is 3.25. The third-order valence-corrected chi connectivity index (χ3v) is 5.43. The molecule has 0 spiro atoms. The second-order valence-electron chi connectivity index (χ2n) is 5.62. The molecule has 0 radical (unpaired) electrons. The molecule has 7 heteroatoms. The summed E-state index contributed by atoms with van der Waals surface area (Å²) in [6.07, 6.45) is 2.89. The molecule has 2 aliphatic rings. The molecule has 0 aromatic heterocycles. The fourth-order valence-corrected chi connectivity index (χ4v) is 4.52. The van der Waals surface area contributed by atoms with Crippen molar-refractivity contribution in [3.05, 3.63) is 39.4 Å². The summed E-state index contributed by atoms with van der Waals surface area (Å²) in [6, 6.07) is 5.11. The maximum Gasteiger partial charge on any atom is 0.272 e. The Morgan fingerprint density at radius 3 is 2.70 bits per heavy atom. The fourth-order valence-electron chi connectivity index (χ4n) is 2.82. The van der Waals surface area contributed by atoms with Crippen LogP contribution in [-0.2, 0) is 22.9 Å². The Morgan fingerprint density at radius 2 is 2.05 bits per heavy atom. The van der Waals surface area contributed by atoms with Crippen LogP contribution in [0.2, 0.25) is 0 Å². The van der Waals surface area contributed by atoms with Crippen molar-refractivity contribution >= 4 is 15.7 Å². The summed E-state index contributed by atoms with van der Waals surface area (Å²) in [5, 5.41) is 11.0. The largest absolute Gasteiger partial charge is 0.272 e. The highest BCUT2D eigenvalue weighted by Crippen LogP contribution is 2.34. The lowest BCUT2D eigenvalue weighted by Gasteiger charge is -2.10. The van der Waals surface area contributed by atoms with Crippen LogP contribution in [0.1, 0.15) is 24.0 Å². The average molecular weight is 296 g/mol. The Bertz CT molecular complexity index is 652. The lowest BCUT2D eigenvalue weighted by molar-refractivity contribution is -0.385. The summed E-state index contributed by atoms with van der Waals surface area (Å²) in [5.41, 5.74) is 1.72. The minimum atomic E-state index is -3.27. The molecule has 1 aromatic rings. The summed E-state index contributed by atoms with van der Waals surface area (Å²) >= 11 is 0. The Labute approximate surface area is 117 Å². The molecule has 0 aliphatic heterocycles. The highest BCUT2D eigenvalue weighted by atomic mass is 32.2. The van der Waals surface area contributed by atoms with E-state index >= 15 is 0 Å². The Hall–Kier alpha value is -1.47. The normalized spacial score (nSPS) is 21.7. The number of nitro groups is 1. The molecule has 0 unspecified atom stereocenters. The first kappa shape index (κ1) is 13.5. The van der Waals surface area contributed by atoms with E-state index in [0.717, 1.165) is 18.4 Å². The van der Waals surface area contributed by atoms with Crippen LogP contribution >= 0.6 is 0 Å². The highest BCUT2D eigenvalue weighted by molar-refractivity contribution is 7.89. The highest BCUT2D eigenvalue weighted by Gasteiger charge is 2.33. The minimum absolute atomic E-state index is 0.0509. The minimum Gasteiger partial charge on any atom is -0.258 e. The molecule has 20 heavy (non-hydrogen) atoms. The van der Waals surface area contributed by atoms with Crippen LogP contribution in [0.3, 0.4) is 0 Å². The molecule has 0 saturated heterocycles. The van der Waals surface area contributed by atoms with Crippen LogP contribution in [0.4, 0.5) is 5.69 Å². The van der Waals surface area contributed by atoms with Crippen LogP contribution in [0, 0.1) is 16.0 Å². The summed E-state index contributed by atoms with van der Waals surface area (Å²) in [5.74, 6) is -0.0163. The molecule has 0 heterocycles. The van der Waals surface area contributed by atoms with Crippen molar-refractivity contribution < 1.29 is 13.3 Å². The van der Waals surface area contributed by atoms with E-state index in [1.165, 1.54) is 6.07 Å². The molecule has 1 atom stereocenters. The standard InChI is InChI=1S/C13H16N2O4S/c16-15(17)13-3-1-2-10-6-9(7-12(10)13)8-20(18,19)14-11-4-5-11/h1-3,9,11,14H,4-8H2/t9-/m1/s1. The smallest absolute Gasteiger partial charge is 0.258 e. The summed E-state index contributed by atoms with van der Waals surface area (Å²) in [7, 11) is -3.27. The van der Waals surface area contributed by atoms with Crippen molar-refractivity contribution in [2.75, 3.05) is 5.75 Å². The summed E-state index contributed by atoms with van der Waals surface area (Å²) in [4.78, 5) is 10.6. The molecule has 1 N–H and O–H groups in total. The van der Waals surface area contributed by atoms with Crippen molar-refractivity contribution in [2.45, 2.75) is 31.7 Å². The van der Waals surface area contributed by atoms with Gasteiger partial charge in [0.2, 0.25) is 10.0 Å². The third kappa shape index (κ3) is 2.83. The lowest BCUT2D eigenvalue weighted by Crippen LogP contribution is -2.31. The van der Waals surface area contributed by atoms with Gasteiger partial charge in [0.1, 0.15) is 0 Å². The van der Waals surface area contributed by atoms with E-state index in [2.05, 4.69) is 4.72 Å². The quantitative estimate of drug-likeness (QED) is 0.657. The van der Waals surface area contributed by atoms with Crippen LogP contribution in [0.15, 0.2) is 18.2 Å². The lowest BCUT2D eigenvalue weighted by atomic mass is 10.1. The van der Waals surface area contributed by atoms with E-state index in [1.54, 1.807) is 6.07 Å². The first-order valence-electron chi connectivity index (χ1n) is 6.70. The maximum absolute atomic E-state index is 12.0. The van der Waals surface area contributed by atoms with Gasteiger partial charge in [0.25, 0.3) is 5.69 Å². The van der Waals surface area contributed by atoms with Gasteiger partial charge in [-0.05, 0) is 37.2 Å². The zero-order valence-electron chi connectivity index (χ0n) is 10.9. The molecule has 0 bridgehead atoms. The van der Waals surface area contributed by atoms with E-state index in [4.69, 9.17) is 0 Å². The van der Waals surface area contributed by atoms with Crippen molar-refractivity contribution in [3.8, 4) is 0 Å². The number of nitrogens with zero attached hydrogens (tertiary/aromatic N) is 1. The van der Waals surface area contributed by atoms with Gasteiger partial charge in [0.15, 0.2) is 0 Å². The van der Waals surface area contributed by atoms with Crippen LogP contribution < -0.4 is 4.72 Å². The van der Waals surface area contributed by atoms with Crippen LogP contribution in [-0.4, -0.2) is 25.1 Å². The molecule has 2 aliphatic carbocycles. The number of benzene rings is 1. The average Bonchev–Trinajstić information content (AvgIpc) is 3.04. The van der Waals surface area contributed by atoms with E-state index in [0.29, 0.717) is 18.4 Å². The van der Waals surface area contributed by atoms with Gasteiger partial charge in [0, 0.05) is 17.7 Å². The second kappa shape index (κ2) is 4.82. The van der Waals surface area contributed by atoms with Gasteiger partial charge in [-0.15, -0.1) is 0 Å². The SMILES string of the molecule is O=[N+]([O-])c1cccc2c1C[C@H](CS(=O)(=O)NC1CC1)C2. The molecular weight excluding hydrogens is 280 g/mol. The number of hydrogen-bond donors (Lipinski definition) is 1. The fraction of sp³-hybridized carbons (Fsp3) is 0.538. The number of hydrogen-bond acceptors (Lipinski definition) is 4. The number of nitro benzene ring substituents is 1. The first-order valence-corrected chi connectivity index (χ1v) is 8.35. The van der Waals surface area contributed by atoms with Crippen LogP contribution in [0.25, 0.3) is 0 Å². The predicted molar refractivity (Wildman–Crippen MR) is 73.9 cm³/mol. The van der Waals surface area contributed by atoms with Gasteiger partial charge in [-0.2, -0.15) is 0 Å². The van der Waals surface area contributed by atoms with Crippen molar-refractivity contribution in [1.82, 2.24) is 4.72 Å². The van der Waals surface area contributed by atoms with E-state index in [1.807, 2.05) is 6.07 Å². The van der Waals surface area contributed by atoms with E-state index in [9.17, 15) is 18.5 Å². The number of nitrogens with one attached hydrogen (secondary N) is 1. The maximum atomic E-state index is 12.0. The van der Waals surface area contributed by atoms with Crippen molar-refractivity contribution in [2.24, 2.45) is 5.92 Å². The monoisotopic (exact) mass is 296 g/mol. The van der Waals surface area contributed by atoms with E-state index in [-0.39, 0.29) is 23.4 Å². The molecule has 1 saturated carbocycles. The number of fused-ring (bicyclic) bond motifs is 1. The van der Waals surface area contributed by atoms with Gasteiger partial charge >= 0.3 is 0 Å². The summed E-state index contributed by atoms with van der Waals surface area (Å²) < 4.78 is 26.6. The van der Waals surface area contributed by atoms with E-state index < -0.39 is 14.9 Å². The predicted octanol–water partition coefficient (Wildman–Crippen LogP) is 1.39. The van der Waals surface area contributed by atoms with Gasteiger partial charge in [-0.25, -0.2) is 13.1 Å². The number of sulfonamides is 1. The molecule has 108 valence electrons. The van der Waals surface area contributed by atoms with Crippen molar-refractivity contribution in [3.63, 3.8) is 0 Å². The molecule has 1 fully saturated rings. The topological polar surface area (TPSA) is 89.3 Å². The zero-order valence-corrected chi connectivity index (χ0v) is 11.7. The van der Waals surface area contributed by atoms with Gasteiger partial charge < -0.3 is 0 Å². The zero-order chi connectivity index (χ0) is 14.3. The van der Waals surface area contributed by atoms with Gasteiger partial charge in [0.05, 0.1) is 10.7 Å². The molecule has 3 rings (SSSR count). The first-order chi connectivity index (χ1) is 9.44. The molecule has 0 amide bonds. The van der Waals surface area contributed by atoms with Gasteiger partial charge in [-0.1, -0.05) is 12.1 Å². The molecule has 1 aromatic carbocycles. The van der Waals surface area contributed by atoms with Crippen LogP contribution in [0.5, 0.6) is 0 Å². The Morgan fingerprint density at radius 1 is 1.30 bits per heavy atom. The van der Waals surface area contributed by atoms with Gasteiger partial charge in [-0.3, -0.25) is 10.1 Å². The molecule has 6 nitrogen and oxygen atoms in total. The summed E-state index contributed by atoms with van der Waals surface area (Å²) in [6.45, 7) is 0. The number of rotatable bonds is 5. The third-order valence-electron chi connectivity index (χ3n) is 3.83. The second-order valence-corrected chi connectivity index (χ2v) is 7.42.